The van der Waals surface area contributed by atoms with Crippen LogP contribution < -0.4 is 4.74 Å². The molecule has 1 fully saturated rings. The van der Waals surface area contributed by atoms with Crippen LogP contribution in [-0.2, 0) is 16.6 Å². The van der Waals surface area contributed by atoms with Crippen LogP contribution in [0, 0.1) is 0 Å². The lowest BCUT2D eigenvalue weighted by molar-refractivity contribution is -0.143. The SMILES string of the molecule is CC1CN(C(=O)CC(c2cccc(Oc3ccccc3)c2)c2cn(C)c3ccccc23)CC(C)O1. The Morgan fingerprint density at radius 3 is 2.40 bits per heavy atom. The second-order valence-electron chi connectivity index (χ2n) is 9.51. The Morgan fingerprint density at radius 1 is 0.943 bits per heavy atom. The molecule has 1 aliphatic heterocycles. The van der Waals surface area contributed by atoms with Gasteiger partial charge in [-0.1, -0.05) is 48.5 Å². The molecular formula is C30H32N2O3. The Labute approximate surface area is 206 Å². The van der Waals surface area contributed by atoms with Crippen LogP contribution >= 0.6 is 0 Å². The summed E-state index contributed by atoms with van der Waals surface area (Å²) in [5.74, 6) is 1.61. The Kier molecular flexibility index (Phi) is 6.60. The minimum absolute atomic E-state index is 0.0429. The molecule has 1 aromatic heterocycles. The molecule has 0 aliphatic carbocycles. The van der Waals surface area contributed by atoms with E-state index in [-0.39, 0.29) is 24.0 Å². The fraction of sp³-hybridized carbons (Fsp3) is 0.300. The largest absolute Gasteiger partial charge is 0.457 e. The van der Waals surface area contributed by atoms with Crippen molar-refractivity contribution >= 4 is 16.8 Å². The summed E-state index contributed by atoms with van der Waals surface area (Å²) >= 11 is 0. The molecule has 3 aromatic carbocycles. The van der Waals surface area contributed by atoms with Crippen molar-refractivity contribution in [2.75, 3.05) is 13.1 Å². The molecule has 1 amide bonds. The first-order valence-electron chi connectivity index (χ1n) is 12.3. The molecule has 0 saturated carbocycles. The van der Waals surface area contributed by atoms with E-state index in [1.165, 1.54) is 5.39 Å². The lowest BCUT2D eigenvalue weighted by Gasteiger charge is -2.36. The average molecular weight is 469 g/mol. The van der Waals surface area contributed by atoms with Gasteiger partial charge in [0.15, 0.2) is 0 Å². The molecular weight excluding hydrogens is 436 g/mol. The van der Waals surface area contributed by atoms with E-state index in [9.17, 15) is 4.79 Å². The second kappa shape index (κ2) is 9.96. The maximum Gasteiger partial charge on any atom is 0.223 e. The zero-order chi connectivity index (χ0) is 24.4. The molecule has 35 heavy (non-hydrogen) atoms. The average Bonchev–Trinajstić information content (AvgIpc) is 3.19. The minimum Gasteiger partial charge on any atom is -0.457 e. The molecule has 0 N–H and O–H groups in total. The number of hydrogen-bond donors (Lipinski definition) is 0. The third-order valence-corrected chi connectivity index (χ3v) is 6.69. The summed E-state index contributed by atoms with van der Waals surface area (Å²) in [4.78, 5) is 15.6. The maximum atomic E-state index is 13.6. The number of nitrogens with zero attached hydrogens (tertiary/aromatic N) is 2. The van der Waals surface area contributed by atoms with E-state index >= 15 is 0 Å². The van der Waals surface area contributed by atoms with Gasteiger partial charge in [-0.15, -0.1) is 0 Å². The molecule has 0 bridgehead atoms. The molecule has 5 nitrogen and oxygen atoms in total. The van der Waals surface area contributed by atoms with Crippen molar-refractivity contribution in [1.82, 2.24) is 9.47 Å². The number of rotatable bonds is 6. The molecule has 1 saturated heterocycles. The highest BCUT2D eigenvalue weighted by Crippen LogP contribution is 2.37. The number of aryl methyl sites for hydroxylation is 1. The normalized spacial score (nSPS) is 19.0. The van der Waals surface area contributed by atoms with Gasteiger partial charge in [-0.25, -0.2) is 0 Å². The summed E-state index contributed by atoms with van der Waals surface area (Å²) < 4.78 is 14.1. The lowest BCUT2D eigenvalue weighted by Crippen LogP contribution is -2.48. The van der Waals surface area contributed by atoms with Crippen LogP contribution in [0.2, 0.25) is 0 Å². The van der Waals surface area contributed by atoms with Crippen molar-refractivity contribution in [3.05, 3.63) is 96.2 Å². The Hall–Kier alpha value is -3.57. The van der Waals surface area contributed by atoms with E-state index < -0.39 is 0 Å². The molecule has 5 heteroatoms. The minimum atomic E-state index is -0.0959. The lowest BCUT2D eigenvalue weighted by atomic mass is 9.87. The van der Waals surface area contributed by atoms with E-state index in [2.05, 4.69) is 54.2 Å². The highest BCUT2D eigenvalue weighted by Gasteiger charge is 2.29. The monoisotopic (exact) mass is 468 g/mol. The predicted octanol–water partition coefficient (Wildman–Crippen LogP) is 6.13. The first kappa shape index (κ1) is 23.2. The predicted molar refractivity (Wildman–Crippen MR) is 139 cm³/mol. The molecule has 5 rings (SSSR count). The van der Waals surface area contributed by atoms with Crippen molar-refractivity contribution in [3.63, 3.8) is 0 Å². The Balaban J connectivity index is 1.51. The highest BCUT2D eigenvalue weighted by molar-refractivity contribution is 5.86. The number of benzene rings is 3. The number of fused-ring (bicyclic) bond motifs is 1. The Bertz CT molecular complexity index is 1300. The molecule has 0 radical (unpaired) electrons. The zero-order valence-corrected chi connectivity index (χ0v) is 20.6. The van der Waals surface area contributed by atoms with E-state index in [4.69, 9.17) is 9.47 Å². The summed E-state index contributed by atoms with van der Waals surface area (Å²) in [5.41, 5.74) is 3.38. The zero-order valence-electron chi connectivity index (χ0n) is 20.6. The number of hydrogen-bond acceptors (Lipinski definition) is 3. The van der Waals surface area contributed by atoms with E-state index in [0.717, 1.165) is 28.1 Å². The van der Waals surface area contributed by atoms with E-state index in [1.54, 1.807) is 0 Å². The highest BCUT2D eigenvalue weighted by atomic mass is 16.5. The maximum absolute atomic E-state index is 13.6. The second-order valence-corrected chi connectivity index (χ2v) is 9.51. The smallest absolute Gasteiger partial charge is 0.223 e. The van der Waals surface area contributed by atoms with Gasteiger partial charge >= 0.3 is 0 Å². The van der Waals surface area contributed by atoms with Gasteiger partial charge < -0.3 is 18.9 Å². The van der Waals surface area contributed by atoms with Gasteiger partial charge in [0, 0.05) is 49.6 Å². The van der Waals surface area contributed by atoms with Crippen LogP contribution in [0.3, 0.4) is 0 Å². The van der Waals surface area contributed by atoms with Crippen LogP contribution in [0.5, 0.6) is 11.5 Å². The van der Waals surface area contributed by atoms with Gasteiger partial charge in [0.2, 0.25) is 5.91 Å². The molecule has 0 spiro atoms. The Morgan fingerprint density at radius 2 is 1.63 bits per heavy atom. The van der Waals surface area contributed by atoms with Crippen LogP contribution in [0.25, 0.3) is 10.9 Å². The summed E-state index contributed by atoms with van der Waals surface area (Å²) in [6, 6.07) is 26.3. The number of carbonyl (C=O) groups excluding carboxylic acids is 1. The van der Waals surface area contributed by atoms with Gasteiger partial charge in [0.25, 0.3) is 0 Å². The van der Waals surface area contributed by atoms with Gasteiger partial charge in [-0.3, -0.25) is 4.79 Å². The third-order valence-electron chi connectivity index (χ3n) is 6.69. The van der Waals surface area contributed by atoms with Crippen LogP contribution in [0.1, 0.15) is 37.3 Å². The first-order valence-corrected chi connectivity index (χ1v) is 12.3. The molecule has 3 atom stereocenters. The molecule has 4 aromatic rings. The number of amides is 1. The quantitative estimate of drug-likeness (QED) is 0.342. The molecule has 1 aliphatic rings. The number of carbonyl (C=O) groups is 1. The van der Waals surface area contributed by atoms with Crippen molar-refractivity contribution < 1.29 is 14.3 Å². The first-order chi connectivity index (χ1) is 17.0. The number of ether oxygens (including phenoxy) is 2. The van der Waals surface area contributed by atoms with Crippen LogP contribution in [-0.4, -0.2) is 40.7 Å². The van der Waals surface area contributed by atoms with Crippen LogP contribution in [0.15, 0.2) is 85.1 Å². The van der Waals surface area contributed by atoms with Crippen molar-refractivity contribution in [1.29, 1.82) is 0 Å². The fourth-order valence-corrected chi connectivity index (χ4v) is 5.16. The molecule has 180 valence electrons. The van der Waals surface area contributed by atoms with Crippen molar-refractivity contribution in [2.45, 2.75) is 38.4 Å². The number of morpholine rings is 1. The van der Waals surface area contributed by atoms with Crippen LogP contribution in [0.4, 0.5) is 0 Å². The summed E-state index contributed by atoms with van der Waals surface area (Å²) in [6.45, 7) is 5.32. The van der Waals surface area contributed by atoms with Gasteiger partial charge in [0.1, 0.15) is 11.5 Å². The van der Waals surface area contributed by atoms with E-state index in [1.807, 2.05) is 61.2 Å². The number of para-hydroxylation sites is 2. The summed E-state index contributed by atoms with van der Waals surface area (Å²) in [7, 11) is 2.06. The standard InChI is InChI=1S/C30H32N2O3/c1-21-18-32(19-22(2)34-21)30(33)17-27(28-20-31(3)29-15-8-7-14-26(28)29)23-10-9-13-25(16-23)35-24-11-5-4-6-12-24/h4-16,20-22,27H,17-19H2,1-3H3. The topological polar surface area (TPSA) is 43.7 Å². The van der Waals surface area contributed by atoms with Gasteiger partial charge in [-0.2, -0.15) is 0 Å². The van der Waals surface area contributed by atoms with Crippen molar-refractivity contribution in [2.24, 2.45) is 7.05 Å². The molecule has 3 unspecified atom stereocenters. The summed E-state index contributed by atoms with van der Waals surface area (Å²) in [5, 5.41) is 1.17. The van der Waals surface area contributed by atoms with Gasteiger partial charge in [-0.05, 0) is 55.3 Å². The third kappa shape index (κ3) is 5.10. The summed E-state index contributed by atoms with van der Waals surface area (Å²) in [6.07, 6.45) is 2.64. The fourth-order valence-electron chi connectivity index (χ4n) is 5.16. The van der Waals surface area contributed by atoms with E-state index in [0.29, 0.717) is 19.5 Å². The number of aromatic nitrogens is 1. The van der Waals surface area contributed by atoms with Crippen molar-refractivity contribution in [3.8, 4) is 11.5 Å². The van der Waals surface area contributed by atoms with Gasteiger partial charge in [0.05, 0.1) is 12.2 Å². The molecule has 2 heterocycles.